The van der Waals surface area contributed by atoms with Gasteiger partial charge in [0.15, 0.2) is 0 Å². The number of carbonyl (C=O) groups excluding carboxylic acids is 2. The van der Waals surface area contributed by atoms with E-state index in [1.54, 1.807) is 0 Å². The Balaban J connectivity index is 0.00000288. The molecule has 1 saturated heterocycles. The number of benzene rings is 1. The molecule has 0 atom stereocenters. The summed E-state index contributed by atoms with van der Waals surface area (Å²) in [6.45, 7) is 1.47. The molecule has 3 N–H and O–H groups in total. The van der Waals surface area contributed by atoms with E-state index in [9.17, 15) is 22.8 Å². The highest BCUT2D eigenvalue weighted by Crippen LogP contribution is 2.28. The Labute approximate surface area is 143 Å². The first-order chi connectivity index (χ1) is 10.9. The molecule has 24 heavy (non-hydrogen) atoms. The fraction of sp³-hybridized carbons (Fsp3) is 0.467. The lowest BCUT2D eigenvalue weighted by Gasteiger charge is -2.23. The van der Waals surface area contributed by atoms with Crippen LogP contribution in [-0.2, 0) is 11.0 Å². The van der Waals surface area contributed by atoms with Gasteiger partial charge in [0.1, 0.15) is 0 Å². The summed E-state index contributed by atoms with van der Waals surface area (Å²) >= 11 is 0. The lowest BCUT2D eigenvalue weighted by Crippen LogP contribution is -2.46. The second kappa shape index (κ2) is 8.89. The zero-order valence-electron chi connectivity index (χ0n) is 12.8. The van der Waals surface area contributed by atoms with E-state index in [0.29, 0.717) is 0 Å². The second-order valence-corrected chi connectivity index (χ2v) is 5.35. The van der Waals surface area contributed by atoms with Crippen molar-refractivity contribution < 1.29 is 22.8 Å². The van der Waals surface area contributed by atoms with Gasteiger partial charge >= 0.3 is 6.18 Å². The van der Waals surface area contributed by atoms with Gasteiger partial charge in [0.05, 0.1) is 12.1 Å². The van der Waals surface area contributed by atoms with Gasteiger partial charge in [-0.15, -0.1) is 12.4 Å². The number of rotatable bonds is 4. The quantitative estimate of drug-likeness (QED) is 0.761. The van der Waals surface area contributed by atoms with E-state index in [1.807, 2.05) is 0 Å². The number of hydrogen-bond acceptors (Lipinski definition) is 3. The van der Waals surface area contributed by atoms with E-state index in [4.69, 9.17) is 0 Å². The number of piperidine rings is 1. The van der Waals surface area contributed by atoms with Crippen LogP contribution in [0.1, 0.15) is 28.8 Å². The molecule has 0 aromatic heterocycles. The smallest absolute Gasteiger partial charge is 0.352 e. The number of alkyl halides is 3. The predicted molar refractivity (Wildman–Crippen MR) is 85.1 cm³/mol. The summed E-state index contributed by atoms with van der Waals surface area (Å²) in [7, 11) is 0. The molecule has 2 rings (SSSR count). The molecular weight excluding hydrogens is 347 g/mol. The Morgan fingerprint density at radius 2 is 1.71 bits per heavy atom. The summed E-state index contributed by atoms with van der Waals surface area (Å²) in [6, 6.07) is 3.94. The van der Waals surface area contributed by atoms with Crippen molar-refractivity contribution in [1.82, 2.24) is 16.0 Å². The highest BCUT2D eigenvalue weighted by molar-refractivity contribution is 5.96. The van der Waals surface area contributed by atoms with Crippen molar-refractivity contribution in [1.29, 1.82) is 0 Å². The topological polar surface area (TPSA) is 70.2 Å². The average molecular weight is 366 g/mol. The van der Waals surface area contributed by atoms with Crippen molar-refractivity contribution in [2.75, 3.05) is 19.6 Å². The van der Waals surface area contributed by atoms with Crippen molar-refractivity contribution in [3.05, 3.63) is 35.4 Å². The molecular formula is C15H19ClF3N3O2. The van der Waals surface area contributed by atoms with Crippen LogP contribution in [-0.4, -0.2) is 37.5 Å². The van der Waals surface area contributed by atoms with Crippen molar-refractivity contribution in [3.63, 3.8) is 0 Å². The first-order valence-corrected chi connectivity index (χ1v) is 7.32. The van der Waals surface area contributed by atoms with Gasteiger partial charge in [0.25, 0.3) is 5.91 Å². The molecule has 134 valence electrons. The van der Waals surface area contributed by atoms with Crippen LogP contribution in [0.5, 0.6) is 0 Å². The van der Waals surface area contributed by atoms with Crippen molar-refractivity contribution >= 4 is 24.2 Å². The SMILES string of the molecule is Cl.O=C(CNC(=O)c1ccc(C(F)(F)F)cc1)NC1CCNCC1. The number of halogens is 4. The highest BCUT2D eigenvalue weighted by Gasteiger charge is 2.30. The molecule has 1 heterocycles. The van der Waals surface area contributed by atoms with Crippen LogP contribution in [0.3, 0.4) is 0 Å². The Morgan fingerprint density at radius 1 is 1.12 bits per heavy atom. The van der Waals surface area contributed by atoms with Gasteiger partial charge in [-0.3, -0.25) is 9.59 Å². The summed E-state index contributed by atoms with van der Waals surface area (Å²) in [4.78, 5) is 23.6. The number of amides is 2. The average Bonchev–Trinajstić information content (AvgIpc) is 2.53. The molecule has 0 aliphatic carbocycles. The van der Waals surface area contributed by atoms with Crippen LogP contribution < -0.4 is 16.0 Å². The zero-order valence-corrected chi connectivity index (χ0v) is 13.6. The summed E-state index contributed by atoms with van der Waals surface area (Å²) in [5, 5.41) is 8.38. The molecule has 1 fully saturated rings. The van der Waals surface area contributed by atoms with E-state index in [0.717, 1.165) is 50.2 Å². The van der Waals surface area contributed by atoms with Crippen LogP contribution in [0.2, 0.25) is 0 Å². The maximum atomic E-state index is 12.4. The lowest BCUT2D eigenvalue weighted by atomic mass is 10.1. The first kappa shape index (κ1) is 20.2. The molecule has 1 aromatic rings. The Hall–Kier alpha value is -1.80. The normalized spacial score (nSPS) is 15.3. The van der Waals surface area contributed by atoms with Gasteiger partial charge in [-0.2, -0.15) is 13.2 Å². The maximum absolute atomic E-state index is 12.4. The summed E-state index contributed by atoms with van der Waals surface area (Å²) < 4.78 is 37.3. The molecule has 5 nitrogen and oxygen atoms in total. The van der Waals surface area contributed by atoms with Gasteiger partial charge in [-0.1, -0.05) is 0 Å². The Kier molecular flexibility index (Phi) is 7.50. The minimum atomic E-state index is -4.44. The number of nitrogens with one attached hydrogen (secondary N) is 3. The van der Waals surface area contributed by atoms with Gasteiger partial charge in [0, 0.05) is 11.6 Å². The predicted octanol–water partition coefficient (Wildman–Crippen LogP) is 1.73. The first-order valence-electron chi connectivity index (χ1n) is 7.32. The summed E-state index contributed by atoms with van der Waals surface area (Å²) in [6.07, 6.45) is -2.78. The van der Waals surface area contributed by atoms with Crippen LogP contribution in [0.15, 0.2) is 24.3 Å². The third-order valence-corrected chi connectivity index (χ3v) is 3.59. The van der Waals surface area contributed by atoms with E-state index < -0.39 is 17.6 Å². The van der Waals surface area contributed by atoms with Crippen molar-refractivity contribution in [2.24, 2.45) is 0 Å². The van der Waals surface area contributed by atoms with Crippen LogP contribution >= 0.6 is 12.4 Å². The van der Waals surface area contributed by atoms with Gasteiger partial charge in [0.2, 0.25) is 5.91 Å². The number of carbonyl (C=O) groups is 2. The third kappa shape index (κ3) is 6.01. The van der Waals surface area contributed by atoms with Gasteiger partial charge < -0.3 is 16.0 Å². The molecule has 0 radical (unpaired) electrons. The molecule has 0 unspecified atom stereocenters. The summed E-state index contributed by atoms with van der Waals surface area (Å²) in [5.41, 5.74) is -0.745. The highest BCUT2D eigenvalue weighted by atomic mass is 35.5. The fourth-order valence-electron chi connectivity index (χ4n) is 2.32. The minimum Gasteiger partial charge on any atom is -0.352 e. The largest absolute Gasteiger partial charge is 0.416 e. The van der Waals surface area contributed by atoms with E-state index >= 15 is 0 Å². The van der Waals surface area contributed by atoms with Crippen molar-refractivity contribution in [2.45, 2.75) is 25.1 Å². The minimum absolute atomic E-state index is 0. The van der Waals surface area contributed by atoms with E-state index in [2.05, 4.69) is 16.0 Å². The van der Waals surface area contributed by atoms with Crippen LogP contribution in [0, 0.1) is 0 Å². The number of hydrogen-bond donors (Lipinski definition) is 3. The van der Waals surface area contributed by atoms with Crippen LogP contribution in [0.25, 0.3) is 0 Å². The molecule has 0 saturated carbocycles. The molecule has 9 heteroatoms. The standard InChI is InChI=1S/C15H18F3N3O2.ClH/c16-15(17,18)11-3-1-10(2-4-11)14(23)20-9-13(22)21-12-5-7-19-8-6-12;/h1-4,12,19H,5-9H2,(H,20,23)(H,21,22);1H. The van der Waals surface area contributed by atoms with E-state index in [-0.39, 0.29) is 36.5 Å². The molecule has 1 aromatic carbocycles. The Morgan fingerprint density at radius 3 is 2.25 bits per heavy atom. The summed E-state index contributed by atoms with van der Waals surface area (Å²) in [5.74, 6) is -0.892. The molecule has 1 aliphatic heterocycles. The molecule has 1 aliphatic rings. The lowest BCUT2D eigenvalue weighted by molar-refractivity contribution is -0.137. The molecule has 2 amide bonds. The van der Waals surface area contributed by atoms with Gasteiger partial charge in [-0.05, 0) is 50.2 Å². The van der Waals surface area contributed by atoms with E-state index in [1.165, 1.54) is 0 Å². The van der Waals surface area contributed by atoms with Gasteiger partial charge in [-0.25, -0.2) is 0 Å². The van der Waals surface area contributed by atoms with Crippen molar-refractivity contribution in [3.8, 4) is 0 Å². The molecule has 0 bridgehead atoms. The monoisotopic (exact) mass is 365 g/mol. The maximum Gasteiger partial charge on any atom is 0.416 e. The zero-order chi connectivity index (χ0) is 16.9. The van der Waals surface area contributed by atoms with Crippen LogP contribution in [0.4, 0.5) is 13.2 Å². The third-order valence-electron chi connectivity index (χ3n) is 3.59. The second-order valence-electron chi connectivity index (χ2n) is 5.35. The fourth-order valence-corrected chi connectivity index (χ4v) is 2.32. The molecule has 0 spiro atoms. The Bertz CT molecular complexity index is 558.